The van der Waals surface area contributed by atoms with Crippen LogP contribution in [0.1, 0.15) is 11.5 Å². The molecule has 1 aromatic rings. The topological polar surface area (TPSA) is 128 Å². The molecule has 122 valence electrons. The van der Waals surface area contributed by atoms with E-state index in [1.807, 2.05) is 0 Å². The third-order valence-electron chi connectivity index (χ3n) is 2.69. The molecule has 0 aliphatic heterocycles. The number of nitrogens with zero attached hydrogens (tertiary/aromatic N) is 2. The number of carboxylic acid groups (broad SMARTS) is 2. The van der Waals surface area contributed by atoms with E-state index < -0.39 is 24.0 Å². The summed E-state index contributed by atoms with van der Waals surface area (Å²) >= 11 is 0. The highest BCUT2D eigenvalue weighted by molar-refractivity contribution is 5.98. The average Bonchev–Trinajstić information content (AvgIpc) is 2.95. The molecule has 1 heterocycles. The number of hydrogen-bond donors (Lipinski definition) is 2. The van der Waals surface area contributed by atoms with Gasteiger partial charge in [0, 0.05) is 0 Å². The number of imide groups is 2. The number of rotatable bonds is 6. The summed E-state index contributed by atoms with van der Waals surface area (Å²) in [5, 5.41) is 17.9. The largest absolute Gasteiger partial charge is 0.465 e. The van der Waals surface area contributed by atoms with E-state index >= 15 is 0 Å². The van der Waals surface area contributed by atoms with E-state index in [4.69, 9.17) is 14.6 Å². The van der Waals surface area contributed by atoms with Gasteiger partial charge in [0.15, 0.2) is 0 Å². The van der Waals surface area contributed by atoms with Crippen molar-refractivity contribution in [1.82, 2.24) is 9.80 Å². The Bertz CT molecular complexity index is 607. The maximum absolute atomic E-state index is 11.4. The molecule has 23 heavy (non-hydrogen) atoms. The Kier molecular flexibility index (Phi) is 5.84. The van der Waals surface area contributed by atoms with Crippen molar-refractivity contribution in [3.63, 3.8) is 0 Å². The molecule has 0 atom stereocenters. The zero-order valence-corrected chi connectivity index (χ0v) is 12.0. The first-order valence-corrected chi connectivity index (χ1v) is 6.21. The van der Waals surface area contributed by atoms with Crippen molar-refractivity contribution >= 4 is 24.0 Å². The maximum Gasteiger partial charge on any atom is 0.414 e. The van der Waals surface area contributed by atoms with Gasteiger partial charge in [0.1, 0.15) is 11.5 Å². The molecule has 0 aliphatic rings. The summed E-state index contributed by atoms with van der Waals surface area (Å²) in [6.45, 7) is 5.64. The first-order valence-electron chi connectivity index (χ1n) is 6.21. The third-order valence-corrected chi connectivity index (χ3v) is 2.69. The monoisotopic (exact) mass is 322 g/mol. The molecule has 0 radical (unpaired) electrons. The molecule has 0 spiro atoms. The molecule has 1 aromatic heterocycles. The number of carbonyl (C=O) groups excluding carboxylic acids is 2. The first kappa shape index (κ1) is 17.7. The summed E-state index contributed by atoms with van der Waals surface area (Å²) < 4.78 is 5.25. The van der Waals surface area contributed by atoms with Gasteiger partial charge in [0.2, 0.25) is 0 Å². The van der Waals surface area contributed by atoms with Crippen LogP contribution in [-0.4, -0.2) is 44.0 Å². The Morgan fingerprint density at radius 3 is 1.52 bits per heavy atom. The molecule has 0 saturated carbocycles. The quantitative estimate of drug-likeness (QED) is 0.762. The molecule has 0 bridgehead atoms. The van der Waals surface area contributed by atoms with Crippen molar-refractivity contribution in [2.24, 2.45) is 0 Å². The highest BCUT2D eigenvalue weighted by atomic mass is 16.4. The van der Waals surface area contributed by atoms with Crippen LogP contribution in [0.15, 0.2) is 41.9 Å². The smallest absolute Gasteiger partial charge is 0.414 e. The van der Waals surface area contributed by atoms with E-state index in [9.17, 15) is 19.2 Å². The molecular formula is C14H14N2O7. The molecule has 0 aromatic carbocycles. The molecule has 0 fully saturated rings. The molecule has 9 heteroatoms. The fraction of sp³-hybridized carbons (Fsp3) is 0.143. The lowest BCUT2D eigenvalue weighted by molar-refractivity contribution is -0.125. The van der Waals surface area contributed by atoms with Crippen molar-refractivity contribution in [3.05, 3.63) is 49.0 Å². The van der Waals surface area contributed by atoms with E-state index in [1.54, 1.807) is 0 Å². The van der Waals surface area contributed by atoms with Gasteiger partial charge in [0.05, 0.1) is 13.1 Å². The van der Waals surface area contributed by atoms with Crippen LogP contribution in [0.2, 0.25) is 0 Å². The number of amides is 4. The predicted octanol–water partition coefficient (Wildman–Crippen LogP) is 1.66. The van der Waals surface area contributed by atoms with E-state index in [0.29, 0.717) is 9.80 Å². The van der Waals surface area contributed by atoms with Crippen LogP contribution in [-0.2, 0) is 22.7 Å². The van der Waals surface area contributed by atoms with Gasteiger partial charge in [-0.05, 0) is 24.3 Å². The molecule has 2 N–H and O–H groups in total. The van der Waals surface area contributed by atoms with Crippen LogP contribution in [0.25, 0.3) is 0 Å². The van der Waals surface area contributed by atoms with Crippen molar-refractivity contribution in [3.8, 4) is 0 Å². The average molecular weight is 322 g/mol. The summed E-state index contributed by atoms with van der Waals surface area (Å²) in [6.07, 6.45) is -1.29. The highest BCUT2D eigenvalue weighted by Crippen LogP contribution is 2.14. The second-order valence-electron chi connectivity index (χ2n) is 4.19. The van der Waals surface area contributed by atoms with Gasteiger partial charge in [-0.1, -0.05) is 13.2 Å². The Hall–Kier alpha value is -3.36. The van der Waals surface area contributed by atoms with Crippen molar-refractivity contribution < 1.29 is 33.8 Å². The molecule has 0 saturated heterocycles. The number of hydrogen-bond acceptors (Lipinski definition) is 5. The van der Waals surface area contributed by atoms with Gasteiger partial charge < -0.3 is 14.6 Å². The Labute approximate surface area is 130 Å². The van der Waals surface area contributed by atoms with Gasteiger partial charge in [-0.3, -0.25) is 9.59 Å². The summed E-state index contributed by atoms with van der Waals surface area (Å²) in [4.78, 5) is 45.7. The maximum atomic E-state index is 11.4. The highest BCUT2D eigenvalue weighted by Gasteiger charge is 2.22. The van der Waals surface area contributed by atoms with Crippen LogP contribution < -0.4 is 0 Å². The Balaban J connectivity index is 2.88. The minimum absolute atomic E-state index is 0.106. The van der Waals surface area contributed by atoms with Crippen LogP contribution >= 0.6 is 0 Å². The second-order valence-corrected chi connectivity index (χ2v) is 4.19. The lowest BCUT2D eigenvalue weighted by Crippen LogP contribution is -2.34. The van der Waals surface area contributed by atoms with Gasteiger partial charge in [0.25, 0.3) is 11.8 Å². The standard InChI is InChI=1S/C14H14N2O7/c1-3-11(17)15(13(19)20)7-9-5-6-10(23-9)8-16(14(21)22)12(18)4-2/h3-6H,1-2,7-8H2,(H,19,20)(H,21,22). The minimum Gasteiger partial charge on any atom is -0.465 e. The fourth-order valence-corrected chi connectivity index (χ4v) is 1.60. The van der Waals surface area contributed by atoms with Crippen LogP contribution in [0.3, 0.4) is 0 Å². The van der Waals surface area contributed by atoms with Gasteiger partial charge in [-0.15, -0.1) is 0 Å². The van der Waals surface area contributed by atoms with Crippen LogP contribution in [0, 0.1) is 0 Å². The molecular weight excluding hydrogens is 308 g/mol. The fourth-order valence-electron chi connectivity index (χ4n) is 1.60. The van der Waals surface area contributed by atoms with Crippen LogP contribution in [0.4, 0.5) is 9.59 Å². The minimum atomic E-state index is -1.48. The molecule has 1 rings (SSSR count). The molecule has 0 aliphatic carbocycles. The molecule has 0 unspecified atom stereocenters. The van der Waals surface area contributed by atoms with Crippen LogP contribution in [0.5, 0.6) is 0 Å². The predicted molar refractivity (Wildman–Crippen MR) is 76.3 cm³/mol. The van der Waals surface area contributed by atoms with E-state index in [2.05, 4.69) is 13.2 Å². The summed E-state index contributed by atoms with van der Waals surface area (Å²) in [5.41, 5.74) is 0. The lowest BCUT2D eigenvalue weighted by atomic mass is 10.3. The lowest BCUT2D eigenvalue weighted by Gasteiger charge is -2.14. The van der Waals surface area contributed by atoms with E-state index in [1.165, 1.54) is 12.1 Å². The SMILES string of the molecule is C=CC(=O)N(Cc1ccc(CN(C(=O)O)C(=O)C=C)o1)C(=O)O. The summed E-state index contributed by atoms with van der Waals surface area (Å²) in [7, 11) is 0. The molecule has 9 nitrogen and oxygen atoms in total. The van der Waals surface area contributed by atoms with Gasteiger partial charge in [-0.25, -0.2) is 19.4 Å². The van der Waals surface area contributed by atoms with Crippen molar-refractivity contribution in [2.75, 3.05) is 0 Å². The summed E-state index contributed by atoms with van der Waals surface area (Å²) in [6, 6.07) is 2.75. The summed E-state index contributed by atoms with van der Waals surface area (Å²) in [5.74, 6) is -1.45. The Morgan fingerprint density at radius 2 is 1.26 bits per heavy atom. The van der Waals surface area contributed by atoms with Gasteiger partial charge in [-0.2, -0.15) is 0 Å². The number of furan rings is 1. The zero-order valence-electron chi connectivity index (χ0n) is 12.0. The third kappa shape index (κ3) is 4.56. The Morgan fingerprint density at radius 1 is 0.913 bits per heavy atom. The van der Waals surface area contributed by atoms with Crippen molar-refractivity contribution in [2.45, 2.75) is 13.1 Å². The normalized spacial score (nSPS) is 9.74. The molecule has 4 amide bonds. The van der Waals surface area contributed by atoms with E-state index in [-0.39, 0.29) is 24.6 Å². The van der Waals surface area contributed by atoms with Gasteiger partial charge >= 0.3 is 12.2 Å². The van der Waals surface area contributed by atoms with Crippen molar-refractivity contribution in [1.29, 1.82) is 0 Å². The zero-order chi connectivity index (χ0) is 17.6. The van der Waals surface area contributed by atoms with E-state index in [0.717, 1.165) is 12.2 Å². The second kappa shape index (κ2) is 7.59. The number of carbonyl (C=O) groups is 4. The first-order chi connectivity index (χ1) is 10.8.